The van der Waals surface area contributed by atoms with E-state index in [1.165, 1.54) is 0 Å². The van der Waals surface area contributed by atoms with Crippen LogP contribution in [-0.2, 0) is 9.47 Å². The van der Waals surface area contributed by atoms with Crippen LogP contribution >= 0.6 is 0 Å². The molecule has 162 valence electrons. The largest absolute Gasteiger partial charge is 0.394 e. The van der Waals surface area contributed by atoms with Crippen molar-refractivity contribution in [2.75, 3.05) is 6.61 Å². The van der Waals surface area contributed by atoms with Crippen molar-refractivity contribution in [1.29, 1.82) is 0 Å². The van der Waals surface area contributed by atoms with Crippen molar-refractivity contribution in [3.63, 3.8) is 0 Å². The van der Waals surface area contributed by atoms with Crippen molar-refractivity contribution in [1.82, 2.24) is 0 Å². The van der Waals surface area contributed by atoms with Crippen molar-refractivity contribution < 1.29 is 29.9 Å². The lowest BCUT2D eigenvalue weighted by Gasteiger charge is -2.62. The number of benzene rings is 2. The molecule has 0 radical (unpaired) electrons. The lowest BCUT2D eigenvalue weighted by atomic mass is 9.57. The molecule has 2 aliphatic rings. The van der Waals surface area contributed by atoms with Crippen LogP contribution in [0.5, 0.6) is 0 Å². The molecule has 1 aliphatic carbocycles. The summed E-state index contributed by atoms with van der Waals surface area (Å²) >= 11 is 0. The van der Waals surface area contributed by atoms with Crippen molar-refractivity contribution in [2.45, 2.75) is 69.9 Å². The van der Waals surface area contributed by atoms with E-state index in [0.29, 0.717) is 0 Å². The van der Waals surface area contributed by atoms with Gasteiger partial charge in [0.15, 0.2) is 6.29 Å². The Balaban J connectivity index is 1.73. The molecular weight excluding hydrogens is 384 g/mol. The number of aryl methyl sites for hydroxylation is 4. The molecule has 0 amide bonds. The van der Waals surface area contributed by atoms with Crippen LogP contribution in [0.15, 0.2) is 36.4 Å². The Bertz CT molecular complexity index is 903. The van der Waals surface area contributed by atoms with Gasteiger partial charge in [-0.15, -0.1) is 0 Å². The van der Waals surface area contributed by atoms with Crippen LogP contribution in [0.4, 0.5) is 0 Å². The Morgan fingerprint density at radius 1 is 0.867 bits per heavy atom. The Morgan fingerprint density at radius 3 is 1.87 bits per heavy atom. The molecule has 6 nitrogen and oxygen atoms in total. The fourth-order valence-electron chi connectivity index (χ4n) is 5.17. The highest BCUT2D eigenvalue weighted by Crippen LogP contribution is 2.56. The second-order valence-electron chi connectivity index (χ2n) is 8.89. The SMILES string of the molecule is Cc1cc(C)cc(C2O[C@H]([C@H](O)CO)[C@@]3(O)C(c4cc(C)cc(C)c4)C(O)[C@@H]3O2)c1. The molecule has 0 aromatic heterocycles. The first-order valence-corrected chi connectivity index (χ1v) is 10.3. The monoisotopic (exact) mass is 414 g/mol. The van der Waals surface area contributed by atoms with Gasteiger partial charge in [0.1, 0.15) is 23.9 Å². The van der Waals surface area contributed by atoms with Crippen molar-refractivity contribution in [2.24, 2.45) is 0 Å². The number of rotatable bonds is 4. The predicted octanol–water partition coefficient (Wildman–Crippen LogP) is 1.95. The molecule has 0 spiro atoms. The Hall–Kier alpha value is -1.80. The Morgan fingerprint density at radius 2 is 1.37 bits per heavy atom. The van der Waals surface area contributed by atoms with E-state index >= 15 is 0 Å². The summed E-state index contributed by atoms with van der Waals surface area (Å²) in [5.41, 5.74) is 3.90. The summed E-state index contributed by atoms with van der Waals surface area (Å²) in [6, 6.07) is 11.7. The Kier molecular flexibility index (Phi) is 5.51. The zero-order valence-corrected chi connectivity index (χ0v) is 17.7. The number of hydrogen-bond acceptors (Lipinski definition) is 6. The Labute approximate surface area is 176 Å². The summed E-state index contributed by atoms with van der Waals surface area (Å²) in [7, 11) is 0. The van der Waals surface area contributed by atoms with Gasteiger partial charge in [-0.3, -0.25) is 0 Å². The van der Waals surface area contributed by atoms with E-state index in [2.05, 4.69) is 0 Å². The minimum absolute atomic E-state index is 0.574. The maximum atomic E-state index is 11.6. The number of aliphatic hydroxyl groups excluding tert-OH is 3. The average molecular weight is 414 g/mol. The van der Waals surface area contributed by atoms with E-state index in [1.807, 2.05) is 64.1 Å². The summed E-state index contributed by atoms with van der Waals surface area (Å²) in [5.74, 6) is -0.701. The van der Waals surface area contributed by atoms with Crippen LogP contribution in [-0.4, -0.2) is 57.0 Å². The highest BCUT2D eigenvalue weighted by Gasteiger charge is 2.70. The molecule has 6 heteroatoms. The molecule has 2 aromatic carbocycles. The van der Waals surface area contributed by atoms with Gasteiger partial charge < -0.3 is 29.9 Å². The minimum Gasteiger partial charge on any atom is -0.394 e. The molecule has 30 heavy (non-hydrogen) atoms. The van der Waals surface area contributed by atoms with Crippen molar-refractivity contribution >= 4 is 0 Å². The third kappa shape index (κ3) is 3.38. The van der Waals surface area contributed by atoms with E-state index < -0.39 is 48.8 Å². The second kappa shape index (κ2) is 7.71. The van der Waals surface area contributed by atoms with Gasteiger partial charge in [-0.1, -0.05) is 58.7 Å². The molecule has 1 heterocycles. The van der Waals surface area contributed by atoms with E-state index in [0.717, 1.165) is 33.4 Å². The summed E-state index contributed by atoms with van der Waals surface area (Å²) in [5, 5.41) is 42.8. The van der Waals surface area contributed by atoms with Crippen molar-refractivity contribution in [3.05, 3.63) is 69.8 Å². The van der Waals surface area contributed by atoms with Gasteiger partial charge in [-0.2, -0.15) is 0 Å². The van der Waals surface area contributed by atoms with Gasteiger partial charge in [0.2, 0.25) is 0 Å². The van der Waals surface area contributed by atoms with Gasteiger partial charge in [0.05, 0.1) is 12.7 Å². The maximum Gasteiger partial charge on any atom is 0.185 e. The molecule has 2 aromatic rings. The van der Waals surface area contributed by atoms with E-state index in [-0.39, 0.29) is 0 Å². The van der Waals surface area contributed by atoms with E-state index in [4.69, 9.17) is 9.47 Å². The predicted molar refractivity (Wildman–Crippen MR) is 111 cm³/mol. The first-order valence-electron chi connectivity index (χ1n) is 10.3. The molecule has 7 atom stereocenters. The van der Waals surface area contributed by atoms with Crippen LogP contribution in [0.1, 0.15) is 45.6 Å². The molecule has 0 bridgehead atoms. The number of fused-ring (bicyclic) bond motifs is 1. The third-order valence-electron chi connectivity index (χ3n) is 6.26. The zero-order chi connectivity index (χ0) is 21.8. The number of hydrogen-bond donors (Lipinski definition) is 4. The number of aliphatic hydroxyl groups is 4. The van der Waals surface area contributed by atoms with Gasteiger partial charge in [0.25, 0.3) is 0 Å². The molecule has 3 unspecified atom stereocenters. The van der Waals surface area contributed by atoms with Gasteiger partial charge in [-0.05, 0) is 33.3 Å². The van der Waals surface area contributed by atoms with Crippen LogP contribution in [0.3, 0.4) is 0 Å². The summed E-state index contributed by atoms with van der Waals surface area (Å²) < 4.78 is 12.1. The summed E-state index contributed by atoms with van der Waals surface area (Å²) in [6.45, 7) is 7.25. The average Bonchev–Trinajstić information content (AvgIpc) is 2.65. The molecule has 2 fully saturated rings. The molecule has 4 N–H and O–H groups in total. The smallest absolute Gasteiger partial charge is 0.185 e. The van der Waals surface area contributed by atoms with Gasteiger partial charge >= 0.3 is 0 Å². The molecular formula is C24H30O6. The van der Waals surface area contributed by atoms with Gasteiger partial charge in [-0.25, -0.2) is 0 Å². The van der Waals surface area contributed by atoms with Crippen LogP contribution < -0.4 is 0 Å². The zero-order valence-electron chi connectivity index (χ0n) is 17.7. The highest BCUT2D eigenvalue weighted by molar-refractivity contribution is 5.40. The number of ether oxygens (including phenoxy) is 2. The summed E-state index contributed by atoms with van der Waals surface area (Å²) in [6.07, 6.45) is -5.23. The van der Waals surface area contributed by atoms with Crippen molar-refractivity contribution in [3.8, 4) is 0 Å². The fourth-order valence-corrected chi connectivity index (χ4v) is 5.17. The topological polar surface area (TPSA) is 99.4 Å². The summed E-state index contributed by atoms with van der Waals surface area (Å²) in [4.78, 5) is 0. The molecule has 1 aliphatic heterocycles. The molecule has 1 saturated heterocycles. The molecule has 1 saturated carbocycles. The maximum absolute atomic E-state index is 11.6. The lowest BCUT2D eigenvalue weighted by Crippen LogP contribution is -2.78. The van der Waals surface area contributed by atoms with Gasteiger partial charge in [0, 0.05) is 11.5 Å². The van der Waals surface area contributed by atoms with Crippen LogP contribution in [0, 0.1) is 27.7 Å². The fraction of sp³-hybridized carbons (Fsp3) is 0.500. The molecule has 4 rings (SSSR count). The van der Waals surface area contributed by atoms with E-state index in [9.17, 15) is 20.4 Å². The normalized spacial score (nSPS) is 34.2. The van der Waals surface area contributed by atoms with Crippen LogP contribution in [0.25, 0.3) is 0 Å². The third-order valence-corrected chi connectivity index (χ3v) is 6.26. The quantitative estimate of drug-likeness (QED) is 0.610. The first kappa shape index (κ1) is 21.4. The standard InChI is InChI=1S/C24H30O6/c1-12-5-13(2)8-16(7-12)19-20(27)22-24(19,28)21(18(26)11-25)29-23(30-22)17-9-14(3)6-15(4)10-17/h5-10,18-23,25-28H,11H2,1-4H3/t18-,19?,20?,21-,22+,23?,24+/m1/s1. The highest BCUT2D eigenvalue weighted by atomic mass is 16.7. The minimum atomic E-state index is -1.67. The lowest BCUT2D eigenvalue weighted by molar-refractivity contribution is -0.403. The second-order valence-corrected chi connectivity index (χ2v) is 8.89. The van der Waals surface area contributed by atoms with E-state index in [1.54, 1.807) is 0 Å². The van der Waals surface area contributed by atoms with Crippen LogP contribution in [0.2, 0.25) is 0 Å². The first-order chi connectivity index (χ1) is 14.1.